The minimum atomic E-state index is -1.99. The van der Waals surface area contributed by atoms with E-state index in [0.717, 1.165) is 11.1 Å². The number of benzene rings is 3. The number of amides is 3. The van der Waals surface area contributed by atoms with Crippen molar-refractivity contribution in [1.29, 1.82) is 0 Å². The van der Waals surface area contributed by atoms with Gasteiger partial charge in [0.2, 0.25) is 0 Å². The minimum Gasteiger partial charge on any atom is -0.436 e. The van der Waals surface area contributed by atoms with Crippen molar-refractivity contribution in [2.45, 2.75) is 85.9 Å². The molecule has 5 atom stereocenters. The maximum absolute atomic E-state index is 13.5. The molecule has 0 aromatic heterocycles. The van der Waals surface area contributed by atoms with E-state index in [-0.39, 0.29) is 46.7 Å². The molecule has 10 nitrogen and oxygen atoms in total. The summed E-state index contributed by atoms with van der Waals surface area (Å²) >= 11 is 12.2. The molecule has 0 bridgehead atoms. The maximum atomic E-state index is 13.5. The Labute approximate surface area is 294 Å². The molecule has 48 heavy (non-hydrogen) atoms. The average molecular weight is 709 g/mol. The number of aliphatic hydroxyl groups is 3. The molecule has 3 amide bonds. The van der Waals surface area contributed by atoms with Crippen molar-refractivity contribution in [3.8, 4) is 0 Å². The molecule has 0 saturated carbocycles. The van der Waals surface area contributed by atoms with Crippen molar-refractivity contribution < 1.29 is 34.4 Å². The molecule has 266 valence electrons. The Kier molecular flexibility index (Phi) is 20.4. The monoisotopic (exact) mass is 707 g/mol. The highest BCUT2D eigenvalue weighted by molar-refractivity contribution is 6.42. The number of halogens is 2. The summed E-state index contributed by atoms with van der Waals surface area (Å²) in [5.41, 5.74) is 2.23. The predicted molar refractivity (Wildman–Crippen MR) is 192 cm³/mol. The van der Waals surface area contributed by atoms with Crippen LogP contribution in [0.4, 0.5) is 4.79 Å². The molecule has 3 aromatic carbocycles. The van der Waals surface area contributed by atoms with Crippen LogP contribution in [-0.2, 0) is 33.7 Å². The van der Waals surface area contributed by atoms with Crippen molar-refractivity contribution in [1.82, 2.24) is 16.0 Å². The number of alkyl carbamates (subject to hydrolysis) is 1. The molecule has 3 aromatic rings. The number of aliphatic hydroxyl groups excluding tert-OH is 3. The van der Waals surface area contributed by atoms with Crippen molar-refractivity contribution in [2.75, 3.05) is 6.61 Å². The second-order valence-electron chi connectivity index (χ2n) is 11.0. The lowest BCUT2D eigenvalue weighted by atomic mass is 9.96. The smallest absolute Gasteiger partial charge is 0.408 e. The molecule has 3 rings (SSSR count). The summed E-state index contributed by atoms with van der Waals surface area (Å²) in [5, 5.41) is 40.3. The summed E-state index contributed by atoms with van der Waals surface area (Å²) in [6.45, 7) is 3.14. The third kappa shape index (κ3) is 13.8. The van der Waals surface area contributed by atoms with Crippen molar-refractivity contribution in [3.63, 3.8) is 0 Å². The summed E-state index contributed by atoms with van der Waals surface area (Å²) < 4.78 is 5.44. The fourth-order valence-electron chi connectivity index (χ4n) is 4.58. The molecule has 12 heteroatoms. The number of nitrogens with one attached hydrogen (secondary N) is 3. The molecule has 5 unspecified atom stereocenters. The molecule has 6 N–H and O–H groups in total. The second kappa shape index (κ2) is 22.1. The first kappa shape index (κ1) is 44.3. The molecule has 0 fully saturated rings. The molecule has 0 aliphatic carbocycles. The van der Waals surface area contributed by atoms with Crippen LogP contribution in [0.1, 0.15) is 52.8 Å². The zero-order valence-corrected chi connectivity index (χ0v) is 26.5. The molecular formula is C36H51Cl2N3O7. The van der Waals surface area contributed by atoms with Crippen LogP contribution in [0.25, 0.3) is 0 Å². The van der Waals surface area contributed by atoms with Crippen LogP contribution in [0.2, 0.25) is 10.0 Å². The van der Waals surface area contributed by atoms with E-state index in [1.165, 1.54) is 6.07 Å². The molecule has 0 radical (unpaired) electrons. The second-order valence-corrected chi connectivity index (χ2v) is 11.8. The Hall–Kier alpha value is -3.67. The fourth-order valence-corrected chi connectivity index (χ4v) is 4.90. The number of carbonyl (C=O) groups excluding carboxylic acids is 3. The van der Waals surface area contributed by atoms with Crippen molar-refractivity contribution >= 4 is 41.1 Å². The van der Waals surface area contributed by atoms with Gasteiger partial charge >= 0.3 is 6.09 Å². The van der Waals surface area contributed by atoms with E-state index in [1.54, 1.807) is 26.0 Å². The Morgan fingerprint density at radius 1 is 0.750 bits per heavy atom. The lowest BCUT2D eigenvalue weighted by Crippen LogP contribution is -2.57. The number of hydrogen-bond donors (Lipinski definition) is 6. The van der Waals surface area contributed by atoms with Crippen LogP contribution < -0.4 is 16.0 Å². The van der Waals surface area contributed by atoms with Gasteiger partial charge in [0.25, 0.3) is 11.8 Å². The summed E-state index contributed by atoms with van der Waals surface area (Å²) in [7, 11) is 0. The van der Waals surface area contributed by atoms with Crippen LogP contribution in [0.15, 0.2) is 78.9 Å². The zero-order chi connectivity index (χ0) is 32.9. The Balaban J connectivity index is 0.00000736. The standard InChI is InChI=1S/C33H39Cl2N3O7.3CH4/c1-20(2)30(45-33(44)36-18-22-11-7-4-8-12-22)32(43)38-27(17-23-13-14-25(34)26(35)16-23)28(40)29(41)31(42)37-24(19-39)15-21-9-5-3-6-10-21;;;/h3-14,16,20,24,27-30,39-41H,15,17-19H2,1-2H3,(H,36,44)(H,37,42)(H,38,43);3*1H4. The number of carbonyl (C=O) groups is 3. The van der Waals surface area contributed by atoms with Crippen LogP contribution in [0.5, 0.6) is 0 Å². The van der Waals surface area contributed by atoms with Gasteiger partial charge in [-0.05, 0) is 47.6 Å². The largest absolute Gasteiger partial charge is 0.436 e. The van der Waals surface area contributed by atoms with Crippen LogP contribution in [-0.4, -0.2) is 70.2 Å². The Morgan fingerprint density at radius 2 is 1.33 bits per heavy atom. The lowest BCUT2D eigenvalue weighted by molar-refractivity contribution is -0.141. The van der Waals surface area contributed by atoms with Crippen LogP contribution in [0.3, 0.4) is 0 Å². The van der Waals surface area contributed by atoms with Gasteiger partial charge in [-0.3, -0.25) is 9.59 Å². The van der Waals surface area contributed by atoms with E-state index in [9.17, 15) is 29.7 Å². The van der Waals surface area contributed by atoms with Crippen molar-refractivity contribution in [2.24, 2.45) is 5.92 Å². The molecule has 0 aliphatic rings. The van der Waals surface area contributed by atoms with Gasteiger partial charge in [0.15, 0.2) is 12.2 Å². The normalized spacial score (nSPS) is 13.6. The molecule has 0 heterocycles. The van der Waals surface area contributed by atoms with Gasteiger partial charge in [0, 0.05) is 6.54 Å². The SMILES string of the molecule is C.C.C.CC(C)C(OC(=O)NCc1ccccc1)C(=O)NC(Cc1ccc(Cl)c(Cl)c1)C(O)C(O)C(=O)NC(CO)Cc1ccccc1. The number of ether oxygens (including phenoxy) is 1. The van der Waals surface area contributed by atoms with E-state index >= 15 is 0 Å². The van der Waals surface area contributed by atoms with Gasteiger partial charge in [-0.25, -0.2) is 4.79 Å². The predicted octanol–water partition coefficient (Wildman–Crippen LogP) is 5.32. The van der Waals surface area contributed by atoms with Gasteiger partial charge < -0.3 is 36.0 Å². The Bertz CT molecular complexity index is 1400. The van der Waals surface area contributed by atoms with Crippen LogP contribution >= 0.6 is 23.2 Å². The first-order valence-corrected chi connectivity index (χ1v) is 15.3. The first-order valence-electron chi connectivity index (χ1n) is 14.5. The van der Waals surface area contributed by atoms with Gasteiger partial charge in [-0.2, -0.15) is 0 Å². The molecule has 0 aliphatic heterocycles. The average Bonchev–Trinajstić information content (AvgIpc) is 3.03. The third-order valence-electron chi connectivity index (χ3n) is 7.04. The van der Waals surface area contributed by atoms with E-state index in [4.69, 9.17) is 27.9 Å². The van der Waals surface area contributed by atoms with Gasteiger partial charge in [0.1, 0.15) is 6.10 Å². The van der Waals surface area contributed by atoms with Crippen LogP contribution in [0, 0.1) is 5.92 Å². The summed E-state index contributed by atoms with van der Waals surface area (Å²) in [5.74, 6) is -2.15. The Morgan fingerprint density at radius 3 is 1.88 bits per heavy atom. The lowest BCUT2D eigenvalue weighted by Gasteiger charge is -2.30. The molecular weight excluding hydrogens is 657 g/mol. The highest BCUT2D eigenvalue weighted by Gasteiger charge is 2.36. The number of rotatable bonds is 15. The van der Waals surface area contributed by atoms with E-state index < -0.39 is 60.8 Å². The minimum absolute atomic E-state index is 0. The zero-order valence-electron chi connectivity index (χ0n) is 25.0. The van der Waals surface area contributed by atoms with Gasteiger partial charge in [0.05, 0.1) is 28.7 Å². The summed E-state index contributed by atoms with van der Waals surface area (Å²) in [6, 6.07) is 21.0. The topological polar surface area (TPSA) is 157 Å². The van der Waals surface area contributed by atoms with E-state index in [0.29, 0.717) is 10.6 Å². The highest BCUT2D eigenvalue weighted by Crippen LogP contribution is 2.24. The fraction of sp³-hybridized carbons (Fsp3) is 0.417. The molecule has 0 spiro atoms. The quantitative estimate of drug-likeness (QED) is 0.125. The maximum Gasteiger partial charge on any atom is 0.408 e. The first-order chi connectivity index (χ1) is 21.5. The van der Waals surface area contributed by atoms with Gasteiger partial charge in [-0.15, -0.1) is 0 Å². The van der Waals surface area contributed by atoms with Gasteiger partial charge in [-0.1, -0.05) is 126 Å². The van der Waals surface area contributed by atoms with Crippen molar-refractivity contribution in [3.05, 3.63) is 106 Å². The molecule has 0 saturated heterocycles. The summed E-state index contributed by atoms with van der Waals surface area (Å²) in [4.78, 5) is 39.0. The third-order valence-corrected chi connectivity index (χ3v) is 7.78. The summed E-state index contributed by atoms with van der Waals surface area (Å²) in [6.07, 6.45) is -5.65. The number of hydrogen-bond acceptors (Lipinski definition) is 7. The van der Waals surface area contributed by atoms with E-state index in [2.05, 4.69) is 16.0 Å². The van der Waals surface area contributed by atoms with E-state index in [1.807, 2.05) is 60.7 Å². The highest BCUT2D eigenvalue weighted by atomic mass is 35.5.